The lowest BCUT2D eigenvalue weighted by atomic mass is 10.1. The molecule has 1 atom stereocenters. The Balaban J connectivity index is 2.02. The summed E-state index contributed by atoms with van der Waals surface area (Å²) in [7, 11) is 0. The van der Waals surface area contributed by atoms with Gasteiger partial charge in [-0.2, -0.15) is 4.58 Å². The van der Waals surface area contributed by atoms with Crippen molar-refractivity contribution < 1.29 is 14.2 Å². The summed E-state index contributed by atoms with van der Waals surface area (Å²) in [6.45, 7) is 10.6. The summed E-state index contributed by atoms with van der Waals surface area (Å²) in [6.07, 6.45) is 40.6. The van der Waals surface area contributed by atoms with Gasteiger partial charge in [0, 0.05) is 6.42 Å². The molecule has 1 rings (SSSR count). The second-order valence-corrected chi connectivity index (χ2v) is 12.4. The summed E-state index contributed by atoms with van der Waals surface area (Å²) in [6, 6.07) is 0. The van der Waals surface area contributed by atoms with E-state index in [0.29, 0.717) is 6.61 Å². The largest absolute Gasteiger partial charge is 0.390 e. The number of nitrogens with zero attached hydrogens (tertiary/aromatic N) is 2. The highest BCUT2D eigenvalue weighted by molar-refractivity contribution is 5.40. The third kappa shape index (κ3) is 20.3. The summed E-state index contributed by atoms with van der Waals surface area (Å²) >= 11 is 0. The number of aliphatic hydroxyl groups excluding tert-OH is 1. The molecule has 38 heavy (non-hydrogen) atoms. The molecule has 224 valence electrons. The van der Waals surface area contributed by atoms with Gasteiger partial charge in [-0.1, -0.05) is 129 Å². The first-order valence-electron chi connectivity index (χ1n) is 17.5. The molecular weight excluding hydrogens is 464 g/mol. The molecule has 1 aliphatic rings. The number of allylic oxidation sites excluding steroid dienone is 2. The van der Waals surface area contributed by atoms with E-state index < -0.39 is 0 Å². The highest BCUT2D eigenvalue weighted by Crippen LogP contribution is 2.16. The first-order valence-corrected chi connectivity index (χ1v) is 17.5. The molecular formula is C35H70N2O+2. The van der Waals surface area contributed by atoms with E-state index in [4.69, 9.17) is 0 Å². The van der Waals surface area contributed by atoms with Crippen molar-refractivity contribution in [2.24, 2.45) is 0 Å². The lowest BCUT2D eigenvalue weighted by Crippen LogP contribution is -2.48. The fraction of sp³-hybridized carbons (Fsp3) is 0.914. The minimum absolute atomic E-state index is 0.314. The quantitative estimate of drug-likeness (QED) is 0.0439. The summed E-state index contributed by atoms with van der Waals surface area (Å²) in [5.74, 6) is 0. The lowest BCUT2D eigenvalue weighted by Gasteiger charge is -2.26. The van der Waals surface area contributed by atoms with Crippen LogP contribution in [0.1, 0.15) is 168 Å². The zero-order valence-electron chi connectivity index (χ0n) is 26.3. The van der Waals surface area contributed by atoms with Crippen LogP contribution >= 0.6 is 0 Å². The Morgan fingerprint density at radius 3 is 1.53 bits per heavy atom. The molecule has 3 heteroatoms. The van der Waals surface area contributed by atoms with E-state index in [1.54, 1.807) is 0 Å². The molecule has 0 aromatic carbocycles. The number of aliphatic hydroxyl groups is 1. The van der Waals surface area contributed by atoms with Gasteiger partial charge in [0.05, 0.1) is 13.2 Å². The Morgan fingerprint density at radius 1 is 0.579 bits per heavy atom. The van der Waals surface area contributed by atoms with Gasteiger partial charge in [0.1, 0.15) is 19.6 Å². The van der Waals surface area contributed by atoms with Gasteiger partial charge >= 0.3 is 6.34 Å². The van der Waals surface area contributed by atoms with E-state index in [9.17, 15) is 5.11 Å². The monoisotopic (exact) mass is 535 g/mol. The number of hydrogen-bond acceptors (Lipinski definition) is 1. The minimum atomic E-state index is 0.314. The molecule has 0 amide bonds. The summed E-state index contributed by atoms with van der Waals surface area (Å²) in [5.41, 5.74) is 0. The van der Waals surface area contributed by atoms with Crippen molar-refractivity contribution in [1.29, 1.82) is 0 Å². The maximum Gasteiger partial charge on any atom is 0.327 e. The number of unbranched alkanes of at least 4 members (excludes halogenated alkanes) is 21. The topological polar surface area (TPSA) is 23.2 Å². The van der Waals surface area contributed by atoms with E-state index in [1.165, 1.54) is 180 Å². The standard InChI is InChI=1S/C35H70N2O/c1-3-5-7-9-11-13-15-16-17-18-19-20-22-24-26-28-31-37(33-34-38)32-30-36(35-37)29-27-25-23-21-14-12-10-8-6-4-2/h16-17,35,38H,3-15,18-34H2,1-2H3/q+2. The van der Waals surface area contributed by atoms with Crippen LogP contribution < -0.4 is 0 Å². The average molecular weight is 535 g/mol. The molecule has 0 saturated heterocycles. The molecule has 0 saturated carbocycles. The highest BCUT2D eigenvalue weighted by atomic mass is 16.3. The number of rotatable bonds is 29. The van der Waals surface area contributed by atoms with Crippen LogP contribution in [0.15, 0.2) is 12.2 Å². The first-order chi connectivity index (χ1) is 18.8. The van der Waals surface area contributed by atoms with Crippen molar-refractivity contribution in [2.45, 2.75) is 168 Å². The van der Waals surface area contributed by atoms with Crippen molar-refractivity contribution in [3.05, 3.63) is 12.2 Å². The van der Waals surface area contributed by atoms with Gasteiger partial charge in [-0.3, -0.25) is 0 Å². The van der Waals surface area contributed by atoms with Crippen molar-refractivity contribution >= 4 is 6.34 Å². The molecule has 1 N–H and O–H groups in total. The molecule has 0 aromatic heterocycles. The molecule has 1 unspecified atom stereocenters. The van der Waals surface area contributed by atoms with Gasteiger partial charge < -0.3 is 5.11 Å². The molecule has 0 spiro atoms. The summed E-state index contributed by atoms with van der Waals surface area (Å²) in [4.78, 5) is 0. The number of quaternary nitrogens is 1. The Labute approximate surface area is 239 Å². The molecule has 1 aliphatic heterocycles. The smallest absolute Gasteiger partial charge is 0.327 e. The second kappa shape index (κ2) is 26.5. The first kappa shape index (κ1) is 35.4. The third-order valence-electron chi connectivity index (χ3n) is 8.70. The van der Waals surface area contributed by atoms with Crippen LogP contribution in [0.3, 0.4) is 0 Å². The fourth-order valence-corrected chi connectivity index (χ4v) is 6.09. The van der Waals surface area contributed by atoms with Gasteiger partial charge in [-0.15, -0.1) is 0 Å². The van der Waals surface area contributed by atoms with E-state index >= 15 is 0 Å². The van der Waals surface area contributed by atoms with Gasteiger partial charge in [-0.05, 0) is 44.9 Å². The van der Waals surface area contributed by atoms with Crippen LogP contribution in [-0.4, -0.2) is 59.8 Å². The molecule has 0 radical (unpaired) electrons. The van der Waals surface area contributed by atoms with Crippen molar-refractivity contribution in [3.63, 3.8) is 0 Å². The molecule has 1 heterocycles. The SMILES string of the molecule is CCCCCCCCC=CCCCCCCCC[N+]1(CCO)C=[N+](CCCCCCCCCCCC)CC1. The van der Waals surface area contributed by atoms with Crippen LogP contribution in [0.25, 0.3) is 0 Å². The van der Waals surface area contributed by atoms with Crippen molar-refractivity contribution in [1.82, 2.24) is 0 Å². The normalized spacial score (nSPS) is 17.6. The fourth-order valence-electron chi connectivity index (χ4n) is 6.09. The predicted octanol–water partition coefficient (Wildman–Crippen LogP) is 9.81. The van der Waals surface area contributed by atoms with Gasteiger partial charge in [0.25, 0.3) is 0 Å². The Kier molecular flexibility index (Phi) is 24.7. The van der Waals surface area contributed by atoms with E-state index in [1.807, 2.05) is 0 Å². The predicted molar refractivity (Wildman–Crippen MR) is 169 cm³/mol. The zero-order valence-corrected chi connectivity index (χ0v) is 26.3. The Bertz CT molecular complexity index is 558. The molecule has 0 aliphatic carbocycles. The average Bonchev–Trinajstić information content (AvgIpc) is 3.32. The summed E-state index contributed by atoms with van der Waals surface area (Å²) in [5, 5.41) is 9.72. The molecule has 0 aromatic rings. The maximum atomic E-state index is 9.72. The van der Waals surface area contributed by atoms with Crippen LogP contribution in [0, 0.1) is 0 Å². The van der Waals surface area contributed by atoms with Gasteiger partial charge in [0.2, 0.25) is 0 Å². The second-order valence-electron chi connectivity index (χ2n) is 12.4. The van der Waals surface area contributed by atoms with Crippen molar-refractivity contribution in [3.8, 4) is 0 Å². The van der Waals surface area contributed by atoms with Crippen LogP contribution in [0.4, 0.5) is 0 Å². The zero-order chi connectivity index (χ0) is 27.4. The molecule has 3 nitrogen and oxygen atoms in total. The minimum Gasteiger partial charge on any atom is -0.390 e. The van der Waals surface area contributed by atoms with Gasteiger partial charge in [0.15, 0.2) is 6.54 Å². The van der Waals surface area contributed by atoms with E-state index in [2.05, 4.69) is 36.9 Å². The van der Waals surface area contributed by atoms with E-state index in [0.717, 1.165) is 11.0 Å². The van der Waals surface area contributed by atoms with E-state index in [-0.39, 0.29) is 0 Å². The van der Waals surface area contributed by atoms with Crippen LogP contribution in [-0.2, 0) is 0 Å². The maximum absolute atomic E-state index is 9.72. The lowest BCUT2D eigenvalue weighted by molar-refractivity contribution is -0.831. The molecule has 0 fully saturated rings. The number of hydrogen-bond donors (Lipinski definition) is 1. The van der Waals surface area contributed by atoms with Gasteiger partial charge in [-0.25, -0.2) is 4.48 Å². The highest BCUT2D eigenvalue weighted by Gasteiger charge is 2.36. The van der Waals surface area contributed by atoms with Crippen LogP contribution in [0.2, 0.25) is 0 Å². The summed E-state index contributed by atoms with van der Waals surface area (Å²) < 4.78 is 3.60. The third-order valence-corrected chi connectivity index (χ3v) is 8.70. The Morgan fingerprint density at radius 2 is 1.03 bits per heavy atom. The Hall–Kier alpha value is -0.670. The van der Waals surface area contributed by atoms with Crippen molar-refractivity contribution in [2.75, 3.05) is 39.3 Å². The van der Waals surface area contributed by atoms with Crippen LogP contribution in [0.5, 0.6) is 0 Å². The molecule has 0 bridgehead atoms.